The molecule has 0 unspecified atom stereocenters. The van der Waals surface area contributed by atoms with Crippen molar-refractivity contribution in [2.45, 2.75) is 19.3 Å². The maximum atomic E-state index is 11.8. The Labute approximate surface area is 154 Å². The highest BCUT2D eigenvalue weighted by Gasteiger charge is 2.14. The molecule has 0 fully saturated rings. The minimum absolute atomic E-state index is 0.131. The van der Waals surface area contributed by atoms with Crippen molar-refractivity contribution in [2.75, 3.05) is 26.4 Å². The van der Waals surface area contributed by atoms with E-state index >= 15 is 0 Å². The average molecular weight is 355 g/mol. The molecule has 1 amide bonds. The molecule has 26 heavy (non-hydrogen) atoms. The zero-order valence-corrected chi connectivity index (χ0v) is 15.0. The van der Waals surface area contributed by atoms with Crippen LogP contribution in [0.25, 0.3) is 0 Å². The molecular weight excluding hydrogens is 330 g/mol. The number of benzene rings is 2. The number of carbonyl (C=O) groups excluding carboxylic acids is 2. The van der Waals surface area contributed by atoms with E-state index in [1.54, 1.807) is 6.92 Å². The number of ether oxygens (including phenoxy) is 2. The van der Waals surface area contributed by atoms with E-state index in [4.69, 9.17) is 9.47 Å². The fourth-order valence-corrected chi connectivity index (χ4v) is 2.68. The molecule has 2 aromatic carbocycles. The molecule has 0 saturated heterocycles. The topological polar surface area (TPSA) is 64.6 Å². The minimum atomic E-state index is -0.534. The van der Waals surface area contributed by atoms with E-state index in [9.17, 15) is 9.59 Å². The first-order chi connectivity index (χ1) is 12.7. The normalized spacial score (nSPS) is 10.5. The summed E-state index contributed by atoms with van der Waals surface area (Å²) in [6.07, 6.45) is 0.757. The molecule has 0 saturated carbocycles. The second-order valence-electron chi connectivity index (χ2n) is 5.81. The Morgan fingerprint density at radius 1 is 0.923 bits per heavy atom. The van der Waals surface area contributed by atoms with Crippen LogP contribution in [0.3, 0.4) is 0 Å². The maximum Gasteiger partial charge on any atom is 0.332 e. The second-order valence-corrected chi connectivity index (χ2v) is 5.81. The highest BCUT2D eigenvalue weighted by molar-refractivity contribution is 5.80. The van der Waals surface area contributed by atoms with Crippen LogP contribution in [0.1, 0.15) is 30.4 Å². The summed E-state index contributed by atoms with van der Waals surface area (Å²) in [5.41, 5.74) is 2.41. The van der Waals surface area contributed by atoms with Crippen molar-refractivity contribution in [1.29, 1.82) is 0 Å². The van der Waals surface area contributed by atoms with Gasteiger partial charge in [0.05, 0.1) is 0 Å². The summed E-state index contributed by atoms with van der Waals surface area (Å²) >= 11 is 0. The average Bonchev–Trinajstić information content (AvgIpc) is 2.69. The van der Waals surface area contributed by atoms with Crippen LogP contribution in [0.4, 0.5) is 0 Å². The number of amides is 1. The van der Waals surface area contributed by atoms with E-state index in [-0.39, 0.29) is 25.0 Å². The Kier molecular flexibility index (Phi) is 8.36. The summed E-state index contributed by atoms with van der Waals surface area (Å²) in [6.45, 7) is 2.30. The molecule has 0 bridgehead atoms. The quantitative estimate of drug-likeness (QED) is 0.666. The van der Waals surface area contributed by atoms with E-state index in [0.717, 1.165) is 6.42 Å². The number of carbonyl (C=O) groups is 2. The van der Waals surface area contributed by atoms with Gasteiger partial charge in [-0.15, -0.1) is 0 Å². The smallest absolute Gasteiger partial charge is 0.332 e. The van der Waals surface area contributed by atoms with Crippen molar-refractivity contribution in [2.24, 2.45) is 0 Å². The molecule has 2 aromatic rings. The van der Waals surface area contributed by atoms with Crippen molar-refractivity contribution in [3.8, 4) is 0 Å². The summed E-state index contributed by atoms with van der Waals surface area (Å²) in [5.74, 6) is -0.652. The van der Waals surface area contributed by atoms with E-state index < -0.39 is 5.97 Å². The molecule has 0 aromatic heterocycles. The first kappa shape index (κ1) is 19.7. The van der Waals surface area contributed by atoms with Gasteiger partial charge in [0.25, 0.3) is 5.91 Å². The van der Waals surface area contributed by atoms with Crippen LogP contribution in [0.5, 0.6) is 0 Å². The van der Waals surface area contributed by atoms with Crippen LogP contribution in [-0.2, 0) is 19.1 Å². The van der Waals surface area contributed by atoms with Crippen molar-refractivity contribution in [3.05, 3.63) is 71.8 Å². The predicted molar refractivity (Wildman–Crippen MR) is 99.8 cm³/mol. The van der Waals surface area contributed by atoms with Crippen LogP contribution < -0.4 is 5.32 Å². The Bertz CT molecular complexity index is 633. The fraction of sp³-hybridized carbons (Fsp3) is 0.333. The maximum absolute atomic E-state index is 11.8. The van der Waals surface area contributed by atoms with Gasteiger partial charge in [-0.05, 0) is 24.5 Å². The van der Waals surface area contributed by atoms with Gasteiger partial charge < -0.3 is 14.8 Å². The van der Waals surface area contributed by atoms with E-state index in [1.165, 1.54) is 11.1 Å². The molecule has 0 radical (unpaired) electrons. The summed E-state index contributed by atoms with van der Waals surface area (Å²) in [6, 6.07) is 20.4. The predicted octanol–water partition coefficient (Wildman–Crippen LogP) is 2.90. The van der Waals surface area contributed by atoms with Crippen LogP contribution >= 0.6 is 0 Å². The van der Waals surface area contributed by atoms with Gasteiger partial charge in [-0.3, -0.25) is 4.79 Å². The molecule has 2 rings (SSSR count). The van der Waals surface area contributed by atoms with Gasteiger partial charge in [0, 0.05) is 19.1 Å². The van der Waals surface area contributed by atoms with Crippen LogP contribution in [-0.4, -0.2) is 38.2 Å². The van der Waals surface area contributed by atoms with Crippen molar-refractivity contribution < 1.29 is 19.1 Å². The van der Waals surface area contributed by atoms with E-state index in [0.29, 0.717) is 13.2 Å². The number of rotatable bonds is 10. The van der Waals surface area contributed by atoms with Gasteiger partial charge in [-0.1, -0.05) is 60.7 Å². The van der Waals surface area contributed by atoms with Crippen molar-refractivity contribution in [1.82, 2.24) is 5.32 Å². The second kappa shape index (κ2) is 11.1. The van der Waals surface area contributed by atoms with Gasteiger partial charge >= 0.3 is 5.97 Å². The van der Waals surface area contributed by atoms with Gasteiger partial charge in [-0.2, -0.15) is 0 Å². The number of nitrogens with one attached hydrogen (secondary N) is 1. The Morgan fingerprint density at radius 3 is 2.04 bits per heavy atom. The molecule has 5 nitrogen and oxygen atoms in total. The lowest BCUT2D eigenvalue weighted by Gasteiger charge is -2.18. The number of hydrogen-bond donors (Lipinski definition) is 1. The zero-order valence-electron chi connectivity index (χ0n) is 15.0. The summed E-state index contributed by atoms with van der Waals surface area (Å²) in [5, 5.41) is 2.81. The molecule has 0 spiro atoms. The first-order valence-electron chi connectivity index (χ1n) is 8.80. The van der Waals surface area contributed by atoms with E-state index in [1.807, 2.05) is 36.4 Å². The third kappa shape index (κ3) is 6.69. The number of esters is 1. The third-order valence-corrected chi connectivity index (χ3v) is 3.95. The first-order valence-corrected chi connectivity index (χ1v) is 8.80. The fourth-order valence-electron chi connectivity index (χ4n) is 2.68. The van der Waals surface area contributed by atoms with Crippen molar-refractivity contribution in [3.63, 3.8) is 0 Å². The molecule has 5 heteroatoms. The zero-order chi connectivity index (χ0) is 18.6. The van der Waals surface area contributed by atoms with Crippen molar-refractivity contribution >= 4 is 11.9 Å². The lowest BCUT2D eigenvalue weighted by Crippen LogP contribution is -2.31. The molecule has 0 aliphatic carbocycles. The summed E-state index contributed by atoms with van der Waals surface area (Å²) in [7, 11) is 0. The van der Waals surface area contributed by atoms with Gasteiger partial charge in [0.15, 0.2) is 6.61 Å². The molecule has 1 N–H and O–H groups in total. The van der Waals surface area contributed by atoms with Gasteiger partial charge in [0.2, 0.25) is 0 Å². The Morgan fingerprint density at radius 2 is 1.50 bits per heavy atom. The molecule has 0 heterocycles. The lowest BCUT2D eigenvalue weighted by atomic mass is 9.88. The third-order valence-electron chi connectivity index (χ3n) is 3.95. The van der Waals surface area contributed by atoms with Gasteiger partial charge in [-0.25, -0.2) is 4.79 Å². The standard InChI is InChI=1S/C21H25NO4/c1-2-25-16-21(24)26-15-20(23)22-14-13-19(17-9-5-3-6-10-17)18-11-7-4-8-12-18/h3-12,19H,2,13-16H2,1H3,(H,22,23). The molecule has 0 atom stereocenters. The highest BCUT2D eigenvalue weighted by Crippen LogP contribution is 2.27. The Balaban J connectivity index is 1.84. The van der Waals surface area contributed by atoms with Crippen LogP contribution in [0.15, 0.2) is 60.7 Å². The molecular formula is C21H25NO4. The molecule has 0 aliphatic rings. The van der Waals surface area contributed by atoms with Crippen LogP contribution in [0, 0.1) is 0 Å². The lowest BCUT2D eigenvalue weighted by molar-refractivity contribution is -0.152. The van der Waals surface area contributed by atoms with E-state index in [2.05, 4.69) is 29.6 Å². The highest BCUT2D eigenvalue weighted by atomic mass is 16.6. The minimum Gasteiger partial charge on any atom is -0.454 e. The molecule has 0 aliphatic heterocycles. The van der Waals surface area contributed by atoms with Crippen LogP contribution in [0.2, 0.25) is 0 Å². The Hall–Kier alpha value is -2.66. The molecule has 138 valence electrons. The monoisotopic (exact) mass is 355 g/mol. The largest absolute Gasteiger partial charge is 0.454 e. The summed E-state index contributed by atoms with van der Waals surface area (Å²) < 4.78 is 9.79. The number of hydrogen-bond acceptors (Lipinski definition) is 4. The van der Waals surface area contributed by atoms with Gasteiger partial charge in [0.1, 0.15) is 6.61 Å². The summed E-state index contributed by atoms with van der Waals surface area (Å²) in [4.78, 5) is 23.2. The SMILES string of the molecule is CCOCC(=O)OCC(=O)NCCC(c1ccccc1)c1ccccc1.